The number of ether oxygens (including phenoxy) is 1. The second-order valence-electron chi connectivity index (χ2n) is 5.64. The zero-order valence-corrected chi connectivity index (χ0v) is 15.1. The molecule has 25 heavy (non-hydrogen) atoms. The Kier molecular flexibility index (Phi) is 4.81. The van der Waals surface area contributed by atoms with Crippen LogP contribution < -0.4 is 0 Å². The van der Waals surface area contributed by atoms with Crippen LogP contribution in [0.4, 0.5) is 0 Å². The molecule has 2 aromatic rings. The number of fused-ring (bicyclic) bond motifs is 1. The maximum atomic E-state index is 12.8. The van der Waals surface area contributed by atoms with Crippen LogP contribution in [-0.2, 0) is 19.6 Å². The van der Waals surface area contributed by atoms with E-state index in [1.807, 2.05) is 0 Å². The van der Waals surface area contributed by atoms with Gasteiger partial charge in [0.2, 0.25) is 10.0 Å². The largest absolute Gasteiger partial charge is 0.480 e. The maximum Gasteiger partial charge on any atom is 0.348 e. The van der Waals surface area contributed by atoms with Crippen LogP contribution in [0.5, 0.6) is 0 Å². The van der Waals surface area contributed by atoms with Crippen molar-refractivity contribution in [1.29, 1.82) is 0 Å². The first-order valence-electron chi connectivity index (χ1n) is 7.80. The molecule has 1 atom stereocenters. The molecule has 1 aromatic heterocycles. The summed E-state index contributed by atoms with van der Waals surface area (Å²) in [7, 11) is -3.90. The molecule has 0 bridgehead atoms. The van der Waals surface area contributed by atoms with Gasteiger partial charge in [0.25, 0.3) is 0 Å². The number of carbonyl (C=O) groups excluding carboxylic acids is 1. The third-order valence-electron chi connectivity index (χ3n) is 4.06. The Labute approximate surface area is 148 Å². The third-order valence-corrected chi connectivity index (χ3v) is 7.06. The number of esters is 1. The van der Waals surface area contributed by atoms with Crippen LogP contribution >= 0.6 is 11.3 Å². The van der Waals surface area contributed by atoms with Gasteiger partial charge in [0.1, 0.15) is 10.9 Å². The number of hydrogen-bond acceptors (Lipinski definition) is 6. The second kappa shape index (κ2) is 6.74. The highest BCUT2D eigenvalue weighted by molar-refractivity contribution is 7.89. The van der Waals surface area contributed by atoms with Crippen LogP contribution in [0.3, 0.4) is 0 Å². The van der Waals surface area contributed by atoms with Crippen molar-refractivity contribution in [2.75, 3.05) is 13.2 Å². The number of hydrogen-bond donors (Lipinski definition) is 1. The molecule has 0 aliphatic carbocycles. The molecule has 1 saturated heterocycles. The number of nitrogens with zero attached hydrogens (tertiary/aromatic N) is 1. The predicted octanol–water partition coefficient (Wildman–Crippen LogP) is 2.32. The number of rotatable bonds is 5. The molecule has 0 spiro atoms. The predicted molar refractivity (Wildman–Crippen MR) is 92.3 cm³/mol. The van der Waals surface area contributed by atoms with Crippen molar-refractivity contribution < 1.29 is 27.9 Å². The van der Waals surface area contributed by atoms with Gasteiger partial charge in [-0.25, -0.2) is 13.2 Å². The average Bonchev–Trinajstić information content (AvgIpc) is 3.21. The summed E-state index contributed by atoms with van der Waals surface area (Å²) in [5, 5.41) is 9.84. The molecule has 1 N–H and O–H groups in total. The minimum atomic E-state index is -3.90. The molecule has 2 heterocycles. The van der Waals surface area contributed by atoms with Crippen molar-refractivity contribution >= 4 is 43.4 Å². The lowest BCUT2D eigenvalue weighted by Crippen LogP contribution is -2.40. The summed E-state index contributed by atoms with van der Waals surface area (Å²) < 4.78 is 32.4. The van der Waals surface area contributed by atoms with Gasteiger partial charge in [-0.05, 0) is 49.4 Å². The first-order valence-corrected chi connectivity index (χ1v) is 10.1. The first-order chi connectivity index (χ1) is 11.8. The highest BCUT2D eigenvalue weighted by Gasteiger charge is 2.39. The summed E-state index contributed by atoms with van der Waals surface area (Å²) in [6, 6.07) is 5.11. The van der Waals surface area contributed by atoms with Crippen LogP contribution in [0.15, 0.2) is 29.2 Å². The van der Waals surface area contributed by atoms with Crippen LogP contribution in [0.1, 0.15) is 29.4 Å². The van der Waals surface area contributed by atoms with E-state index < -0.39 is 28.0 Å². The summed E-state index contributed by atoms with van der Waals surface area (Å²) in [6.07, 6.45) is 0.826. The molecule has 9 heteroatoms. The fourth-order valence-electron chi connectivity index (χ4n) is 2.89. The lowest BCUT2D eigenvalue weighted by molar-refractivity contribution is -0.140. The fourth-order valence-corrected chi connectivity index (χ4v) is 5.52. The van der Waals surface area contributed by atoms with Crippen molar-refractivity contribution in [1.82, 2.24) is 4.31 Å². The van der Waals surface area contributed by atoms with E-state index in [0.29, 0.717) is 23.1 Å². The van der Waals surface area contributed by atoms with Gasteiger partial charge in [0.15, 0.2) is 0 Å². The van der Waals surface area contributed by atoms with E-state index in [1.54, 1.807) is 19.1 Å². The van der Waals surface area contributed by atoms with Crippen molar-refractivity contribution in [3.8, 4) is 0 Å². The Balaban J connectivity index is 1.98. The number of benzene rings is 1. The van der Waals surface area contributed by atoms with E-state index in [2.05, 4.69) is 0 Å². The van der Waals surface area contributed by atoms with E-state index in [0.717, 1.165) is 9.01 Å². The van der Waals surface area contributed by atoms with Crippen molar-refractivity contribution in [2.24, 2.45) is 0 Å². The van der Waals surface area contributed by atoms with Crippen LogP contribution in [0.25, 0.3) is 10.1 Å². The number of sulfonamides is 1. The molecular formula is C16H17NO6S2. The van der Waals surface area contributed by atoms with E-state index >= 15 is 0 Å². The normalized spacial score (nSPS) is 18.5. The number of thiophene rings is 1. The van der Waals surface area contributed by atoms with Crippen molar-refractivity contribution in [3.63, 3.8) is 0 Å². The third kappa shape index (κ3) is 3.26. The van der Waals surface area contributed by atoms with Crippen molar-refractivity contribution in [2.45, 2.75) is 30.7 Å². The Bertz CT molecular complexity index is 933. The van der Waals surface area contributed by atoms with E-state index in [4.69, 9.17) is 4.74 Å². The minimum Gasteiger partial charge on any atom is -0.480 e. The van der Waals surface area contributed by atoms with Gasteiger partial charge >= 0.3 is 11.9 Å². The summed E-state index contributed by atoms with van der Waals surface area (Å²) in [5.41, 5.74) is 0. The molecule has 134 valence electrons. The Morgan fingerprint density at radius 2 is 2.12 bits per heavy atom. The fraction of sp³-hybridized carbons (Fsp3) is 0.375. The van der Waals surface area contributed by atoms with E-state index in [9.17, 15) is 23.1 Å². The molecular weight excluding hydrogens is 366 g/mol. The molecule has 1 aliphatic rings. The molecule has 1 aromatic carbocycles. The standard InChI is InChI=1S/C16H17NO6S2/c1-2-23-16(20)14-9-10-8-11(5-6-13(10)24-14)25(21,22)17-7-3-4-12(17)15(18)19/h5-6,8-9,12H,2-4,7H2,1H3,(H,18,19)/t12-/m1/s1. The highest BCUT2D eigenvalue weighted by atomic mass is 32.2. The lowest BCUT2D eigenvalue weighted by atomic mass is 10.2. The van der Waals surface area contributed by atoms with E-state index in [-0.39, 0.29) is 18.0 Å². The number of carboxylic acids is 1. The summed E-state index contributed by atoms with van der Waals surface area (Å²) in [6.45, 7) is 2.16. The summed E-state index contributed by atoms with van der Waals surface area (Å²) >= 11 is 1.23. The van der Waals surface area contributed by atoms with Crippen molar-refractivity contribution in [3.05, 3.63) is 29.1 Å². The SMILES string of the molecule is CCOC(=O)c1cc2cc(S(=O)(=O)N3CCC[C@@H]3C(=O)O)ccc2s1. The molecule has 1 aliphatic heterocycles. The molecule has 0 unspecified atom stereocenters. The average molecular weight is 383 g/mol. The Morgan fingerprint density at radius 3 is 2.80 bits per heavy atom. The topological polar surface area (TPSA) is 101 Å². The first kappa shape index (κ1) is 17.8. The minimum absolute atomic E-state index is 0.0290. The summed E-state index contributed by atoms with van der Waals surface area (Å²) in [5.74, 6) is -1.58. The van der Waals surface area contributed by atoms with E-state index in [1.165, 1.54) is 23.5 Å². The molecule has 0 saturated carbocycles. The van der Waals surface area contributed by atoms with Gasteiger partial charge in [-0.1, -0.05) is 0 Å². The number of carbonyl (C=O) groups is 2. The van der Waals surface area contributed by atoms with Gasteiger partial charge in [0, 0.05) is 11.2 Å². The van der Waals surface area contributed by atoms with Crippen LogP contribution in [-0.4, -0.2) is 49.0 Å². The smallest absolute Gasteiger partial charge is 0.348 e. The molecule has 1 fully saturated rings. The molecule has 3 rings (SSSR count). The number of aliphatic carboxylic acids is 1. The quantitative estimate of drug-likeness (QED) is 0.795. The van der Waals surface area contributed by atoms with Gasteiger partial charge < -0.3 is 9.84 Å². The zero-order chi connectivity index (χ0) is 18.2. The van der Waals surface area contributed by atoms with Gasteiger partial charge in [-0.2, -0.15) is 4.31 Å². The Hall–Kier alpha value is -1.97. The van der Waals surface area contributed by atoms with Crippen LogP contribution in [0.2, 0.25) is 0 Å². The Morgan fingerprint density at radius 1 is 1.36 bits per heavy atom. The molecule has 0 radical (unpaired) electrons. The number of carboxylic acid groups (broad SMARTS) is 1. The molecule has 0 amide bonds. The van der Waals surface area contributed by atoms with Gasteiger partial charge in [-0.15, -0.1) is 11.3 Å². The van der Waals surface area contributed by atoms with Gasteiger partial charge in [-0.3, -0.25) is 4.79 Å². The maximum absolute atomic E-state index is 12.8. The monoisotopic (exact) mass is 383 g/mol. The van der Waals surface area contributed by atoms with Crippen LogP contribution in [0, 0.1) is 0 Å². The zero-order valence-electron chi connectivity index (χ0n) is 13.5. The second-order valence-corrected chi connectivity index (χ2v) is 8.62. The highest BCUT2D eigenvalue weighted by Crippen LogP contribution is 2.31. The summed E-state index contributed by atoms with van der Waals surface area (Å²) in [4.78, 5) is 23.5. The lowest BCUT2D eigenvalue weighted by Gasteiger charge is -2.20. The van der Waals surface area contributed by atoms with Gasteiger partial charge in [0.05, 0.1) is 11.5 Å². The molecule has 7 nitrogen and oxygen atoms in total.